The van der Waals surface area contributed by atoms with E-state index in [2.05, 4.69) is 0 Å². The molecule has 8 heteroatoms. The molecule has 0 spiro atoms. The third-order valence-electron chi connectivity index (χ3n) is 2.60. The largest absolute Gasteiger partial charge is 0.416 e. The maximum atomic E-state index is 12.7. The van der Waals surface area contributed by atoms with Crippen LogP contribution in [0, 0.1) is 0 Å². The SMILES string of the molecule is CC(=O)SCC(O)C(O)c1cc(C=O)cc(C(F)(F)F)c1. The van der Waals surface area contributed by atoms with Gasteiger partial charge in [0.2, 0.25) is 0 Å². The Balaban J connectivity index is 3.05. The Morgan fingerprint density at radius 3 is 2.43 bits per heavy atom. The van der Waals surface area contributed by atoms with E-state index in [-0.39, 0.29) is 28.3 Å². The molecular weight excluding hydrogens is 309 g/mol. The molecule has 2 unspecified atom stereocenters. The summed E-state index contributed by atoms with van der Waals surface area (Å²) in [7, 11) is 0. The van der Waals surface area contributed by atoms with Gasteiger partial charge in [-0.15, -0.1) is 0 Å². The van der Waals surface area contributed by atoms with Crippen LogP contribution in [-0.4, -0.2) is 33.5 Å². The Bertz CT molecular complexity index is 531. The lowest BCUT2D eigenvalue weighted by atomic mass is 9.99. The van der Waals surface area contributed by atoms with Gasteiger partial charge in [0.1, 0.15) is 12.4 Å². The van der Waals surface area contributed by atoms with Crippen molar-refractivity contribution in [2.75, 3.05) is 5.75 Å². The molecule has 2 N–H and O–H groups in total. The molecule has 0 amide bonds. The molecule has 0 saturated heterocycles. The first-order chi connectivity index (χ1) is 9.65. The lowest BCUT2D eigenvalue weighted by Gasteiger charge is -2.19. The zero-order valence-corrected chi connectivity index (χ0v) is 11.7. The minimum Gasteiger partial charge on any atom is -0.389 e. The molecule has 116 valence electrons. The quantitative estimate of drug-likeness (QED) is 0.813. The zero-order valence-electron chi connectivity index (χ0n) is 10.9. The zero-order chi connectivity index (χ0) is 16.2. The van der Waals surface area contributed by atoms with Crippen LogP contribution in [0.5, 0.6) is 0 Å². The molecule has 1 rings (SSSR count). The number of thioether (sulfide) groups is 1. The van der Waals surface area contributed by atoms with Crippen LogP contribution in [0.2, 0.25) is 0 Å². The number of carbonyl (C=O) groups is 2. The molecule has 0 aliphatic rings. The highest BCUT2D eigenvalue weighted by Gasteiger charge is 2.32. The molecule has 4 nitrogen and oxygen atoms in total. The fourth-order valence-electron chi connectivity index (χ4n) is 1.60. The number of hydrogen-bond acceptors (Lipinski definition) is 5. The summed E-state index contributed by atoms with van der Waals surface area (Å²) >= 11 is 0.741. The second-order valence-electron chi connectivity index (χ2n) is 4.32. The predicted molar refractivity (Wildman–Crippen MR) is 70.9 cm³/mol. The summed E-state index contributed by atoms with van der Waals surface area (Å²) in [6.45, 7) is 1.26. The van der Waals surface area contributed by atoms with Crippen LogP contribution >= 0.6 is 11.8 Å². The molecule has 2 atom stereocenters. The number of hydrogen-bond donors (Lipinski definition) is 2. The summed E-state index contributed by atoms with van der Waals surface area (Å²) in [5.41, 5.74) is -1.58. The van der Waals surface area contributed by atoms with Crippen molar-refractivity contribution in [3.8, 4) is 0 Å². The van der Waals surface area contributed by atoms with E-state index in [1.54, 1.807) is 0 Å². The van der Waals surface area contributed by atoms with Gasteiger partial charge in [0, 0.05) is 18.2 Å². The highest BCUT2D eigenvalue weighted by atomic mass is 32.2. The normalized spacial score (nSPS) is 14.6. The Kier molecular flexibility index (Phi) is 5.94. The van der Waals surface area contributed by atoms with E-state index in [9.17, 15) is 33.0 Å². The van der Waals surface area contributed by atoms with Gasteiger partial charge in [0.15, 0.2) is 5.12 Å². The summed E-state index contributed by atoms with van der Waals surface area (Å²) in [6, 6.07) is 2.38. The van der Waals surface area contributed by atoms with Gasteiger partial charge in [0.25, 0.3) is 0 Å². The van der Waals surface area contributed by atoms with E-state index in [0.29, 0.717) is 12.1 Å². The number of alkyl halides is 3. The van der Waals surface area contributed by atoms with E-state index >= 15 is 0 Å². The van der Waals surface area contributed by atoms with Crippen molar-refractivity contribution in [1.82, 2.24) is 0 Å². The average molecular weight is 322 g/mol. The lowest BCUT2D eigenvalue weighted by Crippen LogP contribution is -2.22. The van der Waals surface area contributed by atoms with Gasteiger partial charge in [-0.1, -0.05) is 11.8 Å². The molecule has 0 aliphatic carbocycles. The van der Waals surface area contributed by atoms with Crippen LogP contribution in [0.25, 0.3) is 0 Å². The van der Waals surface area contributed by atoms with Crippen molar-refractivity contribution in [3.63, 3.8) is 0 Å². The van der Waals surface area contributed by atoms with Gasteiger partial charge in [0.05, 0.1) is 11.7 Å². The molecule has 0 fully saturated rings. The first-order valence-corrected chi connectivity index (χ1v) is 6.80. The fourth-order valence-corrected chi connectivity index (χ4v) is 2.18. The number of benzene rings is 1. The maximum absolute atomic E-state index is 12.7. The van der Waals surface area contributed by atoms with E-state index < -0.39 is 23.9 Å². The highest BCUT2D eigenvalue weighted by Crippen LogP contribution is 2.32. The number of rotatable bonds is 5. The first kappa shape index (κ1) is 17.7. The Morgan fingerprint density at radius 1 is 1.33 bits per heavy atom. The number of aliphatic hydroxyl groups excluding tert-OH is 2. The van der Waals surface area contributed by atoms with Crippen LogP contribution in [-0.2, 0) is 11.0 Å². The van der Waals surface area contributed by atoms with Gasteiger partial charge in [-0.2, -0.15) is 13.2 Å². The lowest BCUT2D eigenvalue weighted by molar-refractivity contribution is -0.137. The van der Waals surface area contributed by atoms with Crippen molar-refractivity contribution in [2.45, 2.75) is 25.3 Å². The molecule has 1 aromatic rings. The molecule has 0 bridgehead atoms. The average Bonchev–Trinajstić information content (AvgIpc) is 2.42. The second-order valence-corrected chi connectivity index (χ2v) is 5.52. The third kappa shape index (κ3) is 5.14. The van der Waals surface area contributed by atoms with E-state index in [1.165, 1.54) is 6.92 Å². The monoisotopic (exact) mass is 322 g/mol. The number of aldehydes is 1. The fraction of sp³-hybridized carbons (Fsp3) is 0.385. The van der Waals surface area contributed by atoms with Crippen LogP contribution < -0.4 is 0 Å². The van der Waals surface area contributed by atoms with Gasteiger partial charge in [-0.05, 0) is 23.8 Å². The smallest absolute Gasteiger partial charge is 0.389 e. The molecule has 0 radical (unpaired) electrons. The molecule has 1 aromatic carbocycles. The van der Waals surface area contributed by atoms with E-state index in [4.69, 9.17) is 0 Å². The number of halogens is 3. The van der Waals surface area contributed by atoms with E-state index in [1.807, 2.05) is 0 Å². The van der Waals surface area contributed by atoms with Crippen molar-refractivity contribution in [1.29, 1.82) is 0 Å². The molecule has 21 heavy (non-hydrogen) atoms. The van der Waals surface area contributed by atoms with E-state index in [0.717, 1.165) is 17.8 Å². The van der Waals surface area contributed by atoms with Gasteiger partial charge < -0.3 is 10.2 Å². The summed E-state index contributed by atoms with van der Waals surface area (Å²) in [5.74, 6) is -0.164. The minimum absolute atomic E-state index is 0.164. The number of aliphatic hydroxyl groups is 2. The Labute approximate surface area is 123 Å². The van der Waals surface area contributed by atoms with Crippen molar-refractivity contribution >= 4 is 23.2 Å². The predicted octanol–water partition coefficient (Wildman–Crippen LogP) is 2.19. The summed E-state index contributed by atoms with van der Waals surface area (Å²) in [6.07, 6.45) is -7.51. The Morgan fingerprint density at radius 2 is 1.95 bits per heavy atom. The molecular formula is C13H13F3O4S. The molecule has 0 heterocycles. The van der Waals surface area contributed by atoms with Gasteiger partial charge >= 0.3 is 6.18 Å². The minimum atomic E-state index is -4.67. The van der Waals surface area contributed by atoms with Gasteiger partial charge in [-0.3, -0.25) is 9.59 Å². The van der Waals surface area contributed by atoms with Gasteiger partial charge in [-0.25, -0.2) is 0 Å². The maximum Gasteiger partial charge on any atom is 0.416 e. The standard InChI is InChI=1S/C13H13F3O4S/c1-7(18)21-6-11(19)12(20)9-2-8(5-17)3-10(4-9)13(14,15)16/h2-5,11-12,19-20H,6H2,1H3. The topological polar surface area (TPSA) is 74.6 Å². The Hall–Kier alpha value is -1.38. The van der Waals surface area contributed by atoms with Crippen molar-refractivity contribution in [3.05, 3.63) is 34.9 Å². The van der Waals surface area contributed by atoms with Crippen LogP contribution in [0.4, 0.5) is 13.2 Å². The molecule has 0 saturated carbocycles. The van der Waals surface area contributed by atoms with Crippen LogP contribution in [0.15, 0.2) is 18.2 Å². The second kappa shape index (κ2) is 7.06. The summed E-state index contributed by atoms with van der Waals surface area (Å²) in [4.78, 5) is 21.5. The molecule has 0 aliphatic heterocycles. The highest BCUT2D eigenvalue weighted by molar-refractivity contribution is 8.13. The summed E-state index contributed by atoms with van der Waals surface area (Å²) in [5, 5.41) is 19.2. The van der Waals surface area contributed by atoms with Crippen LogP contribution in [0.1, 0.15) is 34.5 Å². The third-order valence-corrected chi connectivity index (χ3v) is 3.52. The molecule has 0 aromatic heterocycles. The van der Waals surface area contributed by atoms with Crippen LogP contribution in [0.3, 0.4) is 0 Å². The number of carbonyl (C=O) groups excluding carboxylic acids is 2. The van der Waals surface area contributed by atoms with Crippen molar-refractivity contribution in [2.24, 2.45) is 0 Å². The van der Waals surface area contributed by atoms with Crippen molar-refractivity contribution < 1.29 is 33.0 Å². The first-order valence-electron chi connectivity index (χ1n) is 5.82. The summed E-state index contributed by atoms with van der Waals surface area (Å²) < 4.78 is 38.1.